The zero-order valence-electron chi connectivity index (χ0n) is 23.8. The highest BCUT2D eigenvalue weighted by molar-refractivity contribution is 7.96. The van der Waals surface area contributed by atoms with Gasteiger partial charge in [0.1, 0.15) is 22.2 Å². The normalized spacial score (nSPS) is 18.4. The number of rotatable bonds is 11. The number of nitrogens with zero attached hydrogens (tertiary/aromatic N) is 3. The van der Waals surface area contributed by atoms with Crippen molar-refractivity contribution in [3.63, 3.8) is 0 Å². The van der Waals surface area contributed by atoms with Gasteiger partial charge in [0.25, 0.3) is 10.0 Å². The van der Waals surface area contributed by atoms with Crippen LogP contribution in [0.5, 0.6) is 23.0 Å². The number of hydroxylamine groups is 1. The lowest BCUT2D eigenvalue weighted by Crippen LogP contribution is -2.44. The molecule has 0 bridgehead atoms. The second kappa shape index (κ2) is 12.5. The molecule has 2 N–H and O–H groups in total. The highest BCUT2D eigenvalue weighted by atomic mass is 32.2. The molecule has 1 saturated heterocycles. The summed E-state index contributed by atoms with van der Waals surface area (Å²) in [6.07, 6.45) is 2.58. The van der Waals surface area contributed by atoms with Crippen LogP contribution in [0.4, 0.5) is 5.69 Å². The van der Waals surface area contributed by atoms with E-state index in [9.17, 15) is 8.42 Å². The molecule has 0 aliphatic carbocycles. The molecule has 1 aromatic heterocycles. The van der Waals surface area contributed by atoms with E-state index in [2.05, 4.69) is 32.0 Å². The summed E-state index contributed by atoms with van der Waals surface area (Å²) in [4.78, 5) is 14.7. The number of allylic oxidation sites excluding steroid dienone is 1. The molecule has 0 radical (unpaired) electrons. The third-order valence-electron chi connectivity index (χ3n) is 7.19. The van der Waals surface area contributed by atoms with Gasteiger partial charge in [0.15, 0.2) is 11.5 Å². The van der Waals surface area contributed by atoms with Crippen molar-refractivity contribution in [3.8, 4) is 23.0 Å². The molecule has 12 heteroatoms. The van der Waals surface area contributed by atoms with E-state index >= 15 is 0 Å². The van der Waals surface area contributed by atoms with Crippen molar-refractivity contribution in [2.45, 2.75) is 26.3 Å². The lowest BCUT2D eigenvalue weighted by atomic mass is 10.1. The summed E-state index contributed by atoms with van der Waals surface area (Å²) in [6.45, 7) is 9.26. The first-order valence-electron chi connectivity index (χ1n) is 13.7. The summed E-state index contributed by atoms with van der Waals surface area (Å²) >= 11 is 0. The molecule has 2 aromatic carbocycles. The van der Waals surface area contributed by atoms with Crippen LogP contribution in [0.2, 0.25) is 0 Å². The Morgan fingerprint density at radius 1 is 1.10 bits per heavy atom. The molecule has 220 valence electrons. The predicted molar refractivity (Wildman–Crippen MR) is 158 cm³/mol. The number of fused-ring (bicyclic) bond motifs is 1. The van der Waals surface area contributed by atoms with Crippen molar-refractivity contribution in [1.29, 1.82) is 0 Å². The number of hydrogen-bond acceptors (Lipinski definition) is 10. The highest BCUT2D eigenvalue weighted by Gasteiger charge is 2.32. The Hall–Kier alpha value is -3.58. The van der Waals surface area contributed by atoms with Crippen LogP contribution in [-0.2, 0) is 14.9 Å². The standard InChI is InChI=1S/C29H37N5O6S/c1-20-29(21(2)40-31-20)41(35,36)32-22-7-5-8-23(17-22)39-26-9-10-30-25-19-28(27(37-4)18-24(25)26)38-16-6-11-34-14-12-33(3)13-15-34/h5,7-10,17-20,31-32H,6,11-16H2,1-4H3. The number of methoxy groups -OCH3 is 1. The fraction of sp³-hybridized carbons (Fsp3) is 0.414. The predicted octanol–water partition coefficient (Wildman–Crippen LogP) is 3.95. The monoisotopic (exact) mass is 583 g/mol. The number of benzene rings is 2. The molecule has 1 unspecified atom stereocenters. The molecule has 3 heterocycles. The lowest BCUT2D eigenvalue weighted by Gasteiger charge is -2.32. The Labute approximate surface area is 241 Å². The van der Waals surface area contributed by atoms with Crippen LogP contribution in [0, 0.1) is 0 Å². The molecule has 0 spiro atoms. The molecule has 0 saturated carbocycles. The first-order chi connectivity index (χ1) is 19.7. The summed E-state index contributed by atoms with van der Waals surface area (Å²) in [6, 6.07) is 11.8. The zero-order valence-corrected chi connectivity index (χ0v) is 24.7. The number of likely N-dealkylation sites (N-methyl/N-ethyl adjacent to an activating group) is 1. The first-order valence-corrected chi connectivity index (χ1v) is 15.2. The van der Waals surface area contributed by atoms with Crippen LogP contribution >= 0.6 is 0 Å². The smallest absolute Gasteiger partial charge is 0.263 e. The topological polar surface area (TPSA) is 114 Å². The van der Waals surface area contributed by atoms with Gasteiger partial charge in [-0.3, -0.25) is 9.71 Å². The van der Waals surface area contributed by atoms with Crippen molar-refractivity contribution in [3.05, 3.63) is 59.3 Å². The second-order valence-corrected chi connectivity index (χ2v) is 11.9. The molecular weight excluding hydrogens is 546 g/mol. The Morgan fingerprint density at radius 3 is 2.63 bits per heavy atom. The fourth-order valence-electron chi connectivity index (χ4n) is 5.00. The van der Waals surface area contributed by atoms with Crippen molar-refractivity contribution < 1.29 is 27.5 Å². The highest BCUT2D eigenvalue weighted by Crippen LogP contribution is 2.37. The van der Waals surface area contributed by atoms with Gasteiger partial charge in [-0.1, -0.05) is 6.07 Å². The number of ether oxygens (including phenoxy) is 3. The SMILES string of the molecule is COc1cc2c(Oc3cccc(NS(=O)(=O)C4=C(C)ONC4C)c3)ccnc2cc1OCCCN1CCN(C)CC1. The number of aromatic nitrogens is 1. The molecule has 11 nitrogen and oxygen atoms in total. The minimum atomic E-state index is -3.83. The first kappa shape index (κ1) is 28.9. The van der Waals surface area contributed by atoms with E-state index in [1.54, 1.807) is 57.5 Å². The van der Waals surface area contributed by atoms with Crippen LogP contribution < -0.4 is 24.4 Å². The van der Waals surface area contributed by atoms with Gasteiger partial charge in [0.2, 0.25) is 0 Å². The Bertz CT molecular complexity index is 1520. The average molecular weight is 584 g/mol. The van der Waals surface area contributed by atoms with E-state index in [0.717, 1.165) is 44.5 Å². The van der Waals surface area contributed by atoms with Gasteiger partial charge in [0, 0.05) is 56.4 Å². The molecular formula is C29H37N5O6S. The van der Waals surface area contributed by atoms with Gasteiger partial charge in [-0.25, -0.2) is 8.42 Å². The molecule has 2 aliphatic heterocycles. The molecule has 1 fully saturated rings. The number of hydrogen-bond donors (Lipinski definition) is 2. The van der Waals surface area contributed by atoms with Crippen molar-refractivity contribution >= 4 is 26.6 Å². The van der Waals surface area contributed by atoms with Gasteiger partial charge in [-0.05, 0) is 51.6 Å². The molecule has 0 amide bonds. The van der Waals surface area contributed by atoms with Gasteiger partial charge >= 0.3 is 0 Å². The van der Waals surface area contributed by atoms with Crippen molar-refractivity contribution in [1.82, 2.24) is 20.3 Å². The minimum Gasteiger partial charge on any atom is -0.493 e. The molecule has 41 heavy (non-hydrogen) atoms. The summed E-state index contributed by atoms with van der Waals surface area (Å²) in [5.41, 5.74) is 3.73. The second-order valence-electron chi connectivity index (χ2n) is 10.3. The summed E-state index contributed by atoms with van der Waals surface area (Å²) in [5.74, 6) is 2.54. The number of nitrogens with one attached hydrogen (secondary N) is 2. The van der Waals surface area contributed by atoms with E-state index in [0.29, 0.717) is 46.6 Å². The van der Waals surface area contributed by atoms with Crippen LogP contribution in [0.3, 0.4) is 0 Å². The molecule has 3 aromatic rings. The summed E-state index contributed by atoms with van der Waals surface area (Å²) in [5, 5.41) is 0.740. The molecule has 5 rings (SSSR count). The largest absolute Gasteiger partial charge is 0.493 e. The Kier molecular flexibility index (Phi) is 8.83. The Morgan fingerprint density at radius 2 is 1.90 bits per heavy atom. The fourth-order valence-corrected chi connectivity index (χ4v) is 6.48. The van der Waals surface area contributed by atoms with Gasteiger partial charge < -0.3 is 28.8 Å². The maximum absolute atomic E-state index is 13.0. The van der Waals surface area contributed by atoms with E-state index < -0.39 is 16.1 Å². The number of piperazine rings is 1. The van der Waals surface area contributed by atoms with Crippen LogP contribution in [-0.4, -0.2) is 82.7 Å². The van der Waals surface area contributed by atoms with E-state index in [1.807, 2.05) is 12.1 Å². The van der Waals surface area contributed by atoms with Crippen LogP contribution in [0.25, 0.3) is 10.9 Å². The molecule has 2 aliphatic rings. The van der Waals surface area contributed by atoms with Crippen molar-refractivity contribution in [2.24, 2.45) is 0 Å². The van der Waals surface area contributed by atoms with Crippen molar-refractivity contribution in [2.75, 3.05) is 58.2 Å². The van der Waals surface area contributed by atoms with Crippen LogP contribution in [0.15, 0.2) is 59.3 Å². The summed E-state index contributed by atoms with van der Waals surface area (Å²) in [7, 11) is -0.0656. The lowest BCUT2D eigenvalue weighted by molar-refractivity contribution is 0.121. The van der Waals surface area contributed by atoms with Crippen LogP contribution in [0.1, 0.15) is 20.3 Å². The zero-order chi connectivity index (χ0) is 29.0. The van der Waals surface area contributed by atoms with E-state index in [1.165, 1.54) is 0 Å². The van der Waals surface area contributed by atoms with Gasteiger partial charge in [-0.15, -0.1) is 5.48 Å². The maximum atomic E-state index is 13.0. The quantitative estimate of drug-likeness (QED) is 0.322. The third kappa shape index (κ3) is 6.84. The third-order valence-corrected chi connectivity index (χ3v) is 8.92. The number of sulfonamides is 1. The summed E-state index contributed by atoms with van der Waals surface area (Å²) < 4.78 is 46.5. The van der Waals surface area contributed by atoms with E-state index in [4.69, 9.17) is 19.0 Å². The maximum Gasteiger partial charge on any atom is 0.263 e. The minimum absolute atomic E-state index is 0.161. The van der Waals surface area contributed by atoms with Gasteiger partial charge in [0.05, 0.1) is 31.0 Å². The van der Waals surface area contributed by atoms with E-state index in [-0.39, 0.29) is 4.91 Å². The average Bonchev–Trinajstić information content (AvgIpc) is 3.30. The number of pyridine rings is 1. The molecule has 1 atom stereocenters. The Balaban J connectivity index is 1.28. The number of anilines is 1. The van der Waals surface area contributed by atoms with Gasteiger partial charge in [-0.2, -0.15) is 0 Å².